The van der Waals surface area contributed by atoms with E-state index in [2.05, 4.69) is 5.32 Å². The lowest BCUT2D eigenvalue weighted by atomic mass is 9.66. The van der Waals surface area contributed by atoms with Crippen LogP contribution >= 0.6 is 0 Å². The minimum Gasteiger partial charge on any atom is -0.481 e. The summed E-state index contributed by atoms with van der Waals surface area (Å²) in [4.78, 5) is 24.1. The van der Waals surface area contributed by atoms with E-state index in [0.717, 1.165) is 19.3 Å². The molecule has 17 heavy (non-hydrogen) atoms. The quantitative estimate of drug-likeness (QED) is 0.770. The Labute approximate surface area is 102 Å². The summed E-state index contributed by atoms with van der Waals surface area (Å²) in [5, 5.41) is 11.7. The topological polar surface area (TPSA) is 69.6 Å². The van der Waals surface area contributed by atoms with Crippen molar-refractivity contribution in [2.24, 2.45) is 5.41 Å². The average Bonchev–Trinajstić information content (AvgIpc) is 2.19. The Hall–Kier alpha value is -1.26. The number of nitrogens with zero attached hydrogens (tertiary/aromatic N) is 1. The maximum Gasteiger partial charge on any atom is 0.317 e. The molecule has 1 aliphatic rings. The number of carboxylic acids is 1. The summed E-state index contributed by atoms with van der Waals surface area (Å²) in [5.41, 5.74) is -0.209. The second-order valence-corrected chi connectivity index (χ2v) is 5.29. The molecule has 98 valence electrons. The van der Waals surface area contributed by atoms with E-state index in [-0.39, 0.29) is 23.9 Å². The van der Waals surface area contributed by atoms with Crippen molar-refractivity contribution >= 4 is 12.0 Å². The Bertz CT molecular complexity index is 298. The number of carbonyl (C=O) groups excluding carboxylic acids is 1. The van der Waals surface area contributed by atoms with Crippen LogP contribution < -0.4 is 5.32 Å². The average molecular weight is 242 g/mol. The van der Waals surface area contributed by atoms with Gasteiger partial charge in [-0.15, -0.1) is 0 Å². The highest BCUT2D eigenvalue weighted by Crippen LogP contribution is 2.43. The second-order valence-electron chi connectivity index (χ2n) is 5.29. The molecule has 2 amide bonds. The van der Waals surface area contributed by atoms with Crippen LogP contribution in [0, 0.1) is 5.41 Å². The molecule has 0 heterocycles. The number of nitrogens with one attached hydrogen (secondary N) is 1. The van der Waals surface area contributed by atoms with E-state index in [9.17, 15) is 9.59 Å². The van der Waals surface area contributed by atoms with Crippen LogP contribution in [0.4, 0.5) is 4.79 Å². The molecule has 0 aromatic rings. The molecular formula is C12H22N2O3. The highest BCUT2D eigenvalue weighted by atomic mass is 16.4. The maximum absolute atomic E-state index is 11.7. The molecule has 5 heteroatoms. The fourth-order valence-corrected chi connectivity index (χ4v) is 2.04. The Morgan fingerprint density at radius 3 is 2.35 bits per heavy atom. The van der Waals surface area contributed by atoms with Crippen LogP contribution in [-0.2, 0) is 4.79 Å². The van der Waals surface area contributed by atoms with Crippen molar-refractivity contribution in [1.82, 2.24) is 10.2 Å². The number of hydrogen-bond acceptors (Lipinski definition) is 2. The van der Waals surface area contributed by atoms with E-state index in [0.29, 0.717) is 6.54 Å². The smallest absolute Gasteiger partial charge is 0.317 e. The van der Waals surface area contributed by atoms with Crippen molar-refractivity contribution in [2.45, 2.75) is 45.6 Å². The molecule has 1 aliphatic carbocycles. The van der Waals surface area contributed by atoms with Crippen LogP contribution in [0.2, 0.25) is 0 Å². The monoisotopic (exact) mass is 242 g/mol. The molecule has 1 fully saturated rings. The number of amides is 2. The lowest BCUT2D eigenvalue weighted by molar-refractivity contribution is -0.141. The van der Waals surface area contributed by atoms with Gasteiger partial charge >= 0.3 is 12.0 Å². The SMILES string of the molecule is CC(C)N(C)C(=O)NCC1(CC(=O)O)CCC1. The first-order chi connectivity index (χ1) is 7.86. The number of rotatable bonds is 5. The molecule has 0 aromatic heterocycles. The van der Waals surface area contributed by atoms with Gasteiger partial charge in [0.15, 0.2) is 0 Å². The third-order valence-corrected chi connectivity index (χ3v) is 3.65. The molecule has 0 saturated heterocycles. The first-order valence-electron chi connectivity index (χ1n) is 6.09. The molecule has 0 aliphatic heterocycles. The molecule has 2 N–H and O–H groups in total. The molecule has 0 atom stereocenters. The first kappa shape index (κ1) is 13.8. The lowest BCUT2D eigenvalue weighted by Gasteiger charge is -2.41. The second kappa shape index (κ2) is 5.38. The van der Waals surface area contributed by atoms with Crippen molar-refractivity contribution in [1.29, 1.82) is 0 Å². The number of carboxylic acid groups (broad SMARTS) is 1. The number of aliphatic carboxylic acids is 1. The van der Waals surface area contributed by atoms with E-state index in [1.165, 1.54) is 0 Å². The van der Waals surface area contributed by atoms with E-state index in [1.54, 1.807) is 11.9 Å². The molecule has 5 nitrogen and oxygen atoms in total. The molecular weight excluding hydrogens is 220 g/mol. The number of carbonyl (C=O) groups is 2. The van der Waals surface area contributed by atoms with Gasteiger partial charge in [0.2, 0.25) is 0 Å². The minimum absolute atomic E-state index is 0.128. The summed E-state index contributed by atoms with van der Waals surface area (Å²) in [5.74, 6) is -0.781. The predicted octanol–water partition coefficient (Wildman–Crippen LogP) is 1.68. The van der Waals surface area contributed by atoms with Gasteiger partial charge < -0.3 is 15.3 Å². The maximum atomic E-state index is 11.7. The molecule has 0 aromatic carbocycles. The zero-order valence-corrected chi connectivity index (χ0v) is 10.8. The summed E-state index contributed by atoms with van der Waals surface area (Å²) < 4.78 is 0. The van der Waals surface area contributed by atoms with E-state index in [4.69, 9.17) is 5.11 Å². The van der Waals surface area contributed by atoms with Crippen molar-refractivity contribution in [3.05, 3.63) is 0 Å². The van der Waals surface area contributed by atoms with Crippen LogP contribution in [0.1, 0.15) is 39.5 Å². The van der Waals surface area contributed by atoms with Crippen LogP contribution in [0.3, 0.4) is 0 Å². The van der Waals surface area contributed by atoms with Crippen molar-refractivity contribution < 1.29 is 14.7 Å². The Kier molecular flexibility index (Phi) is 4.37. The minimum atomic E-state index is -0.781. The fourth-order valence-electron chi connectivity index (χ4n) is 2.04. The van der Waals surface area contributed by atoms with Crippen LogP contribution in [0.25, 0.3) is 0 Å². The number of urea groups is 1. The zero-order valence-electron chi connectivity index (χ0n) is 10.8. The van der Waals surface area contributed by atoms with Gasteiger partial charge in [0.1, 0.15) is 0 Å². The van der Waals surface area contributed by atoms with Crippen molar-refractivity contribution in [3.8, 4) is 0 Å². The Balaban J connectivity index is 2.43. The van der Waals surface area contributed by atoms with Gasteiger partial charge in [-0.1, -0.05) is 6.42 Å². The van der Waals surface area contributed by atoms with Crippen LogP contribution in [0.15, 0.2) is 0 Å². The van der Waals surface area contributed by atoms with Crippen LogP contribution in [-0.4, -0.2) is 41.6 Å². The van der Waals surface area contributed by atoms with Gasteiger partial charge in [-0.2, -0.15) is 0 Å². The lowest BCUT2D eigenvalue weighted by Crippen LogP contribution is -2.48. The summed E-state index contributed by atoms with van der Waals surface area (Å²) in [6.07, 6.45) is 3.00. The molecule has 0 spiro atoms. The molecule has 0 unspecified atom stereocenters. The van der Waals surface area contributed by atoms with E-state index < -0.39 is 5.97 Å². The summed E-state index contributed by atoms with van der Waals surface area (Å²) in [6.45, 7) is 4.35. The van der Waals surface area contributed by atoms with Gasteiger partial charge in [0, 0.05) is 19.6 Å². The Morgan fingerprint density at radius 2 is 2.00 bits per heavy atom. The first-order valence-corrected chi connectivity index (χ1v) is 6.09. The third-order valence-electron chi connectivity index (χ3n) is 3.65. The van der Waals surface area contributed by atoms with E-state index in [1.807, 2.05) is 13.8 Å². The zero-order chi connectivity index (χ0) is 13.1. The highest BCUT2D eigenvalue weighted by Gasteiger charge is 2.39. The summed E-state index contributed by atoms with van der Waals surface area (Å²) >= 11 is 0. The van der Waals surface area contributed by atoms with Gasteiger partial charge in [-0.3, -0.25) is 4.79 Å². The largest absolute Gasteiger partial charge is 0.481 e. The van der Waals surface area contributed by atoms with Crippen LogP contribution in [0.5, 0.6) is 0 Å². The fraction of sp³-hybridized carbons (Fsp3) is 0.833. The summed E-state index contributed by atoms with van der Waals surface area (Å²) in [7, 11) is 1.74. The highest BCUT2D eigenvalue weighted by molar-refractivity contribution is 5.74. The van der Waals surface area contributed by atoms with Gasteiger partial charge in [0.05, 0.1) is 6.42 Å². The molecule has 1 saturated carbocycles. The van der Waals surface area contributed by atoms with E-state index >= 15 is 0 Å². The van der Waals surface area contributed by atoms with Crippen molar-refractivity contribution in [2.75, 3.05) is 13.6 Å². The van der Waals surface area contributed by atoms with Crippen molar-refractivity contribution in [3.63, 3.8) is 0 Å². The predicted molar refractivity (Wildman–Crippen MR) is 64.8 cm³/mol. The summed E-state index contributed by atoms with van der Waals surface area (Å²) in [6, 6.07) is 0.0171. The standard InChI is InChI=1S/C12H22N2O3/c1-9(2)14(3)11(17)13-8-12(5-4-6-12)7-10(15)16/h9H,4-8H2,1-3H3,(H,13,17)(H,15,16). The van der Waals surface area contributed by atoms with Gasteiger partial charge in [-0.05, 0) is 32.1 Å². The normalized spacial score (nSPS) is 17.4. The molecule has 0 bridgehead atoms. The third kappa shape index (κ3) is 3.61. The van der Waals surface area contributed by atoms with Gasteiger partial charge in [0.25, 0.3) is 0 Å². The molecule has 0 radical (unpaired) electrons. The Morgan fingerprint density at radius 1 is 1.41 bits per heavy atom. The number of hydrogen-bond donors (Lipinski definition) is 2. The molecule has 1 rings (SSSR count). The van der Waals surface area contributed by atoms with Gasteiger partial charge in [-0.25, -0.2) is 4.79 Å².